The highest BCUT2D eigenvalue weighted by atomic mass is 16.5. The van der Waals surface area contributed by atoms with E-state index in [9.17, 15) is 14.4 Å². The lowest BCUT2D eigenvalue weighted by atomic mass is 9.78. The maximum absolute atomic E-state index is 11.9. The normalized spacial score (nSPS) is 29.0. The fourth-order valence-corrected chi connectivity index (χ4v) is 3.40. The SMILES string of the molecule is CCOC(=O)CN1[C@@H]2CC(=O)C[C@H]1CC(C(=O)OCC)C2. The first kappa shape index (κ1) is 15.9. The van der Waals surface area contributed by atoms with Gasteiger partial charge in [0, 0.05) is 24.9 Å². The Morgan fingerprint density at radius 2 is 1.67 bits per heavy atom. The van der Waals surface area contributed by atoms with Crippen molar-refractivity contribution in [2.45, 2.75) is 51.6 Å². The Hall–Kier alpha value is -1.43. The van der Waals surface area contributed by atoms with Gasteiger partial charge in [-0.2, -0.15) is 0 Å². The first-order valence-electron chi connectivity index (χ1n) is 7.64. The van der Waals surface area contributed by atoms with Gasteiger partial charge < -0.3 is 9.47 Å². The van der Waals surface area contributed by atoms with E-state index < -0.39 is 0 Å². The van der Waals surface area contributed by atoms with Crippen LogP contribution in [-0.4, -0.2) is 54.5 Å². The molecule has 2 bridgehead atoms. The molecule has 0 N–H and O–H groups in total. The molecule has 21 heavy (non-hydrogen) atoms. The monoisotopic (exact) mass is 297 g/mol. The number of piperidine rings is 2. The molecule has 0 radical (unpaired) electrons. The van der Waals surface area contributed by atoms with Gasteiger partial charge in [-0.05, 0) is 26.7 Å². The number of carbonyl (C=O) groups is 3. The van der Waals surface area contributed by atoms with E-state index >= 15 is 0 Å². The molecule has 1 unspecified atom stereocenters. The third-order valence-corrected chi connectivity index (χ3v) is 4.21. The summed E-state index contributed by atoms with van der Waals surface area (Å²) in [5.74, 6) is -0.395. The minimum absolute atomic E-state index is 0.0520. The summed E-state index contributed by atoms with van der Waals surface area (Å²) in [7, 11) is 0. The van der Waals surface area contributed by atoms with Gasteiger partial charge in [0.15, 0.2) is 0 Å². The van der Waals surface area contributed by atoms with Crippen molar-refractivity contribution in [2.24, 2.45) is 5.92 Å². The van der Waals surface area contributed by atoms with Gasteiger partial charge in [0.1, 0.15) is 5.78 Å². The highest BCUT2D eigenvalue weighted by molar-refractivity contribution is 5.82. The quantitative estimate of drug-likeness (QED) is 0.703. The minimum Gasteiger partial charge on any atom is -0.466 e. The second-order valence-corrected chi connectivity index (χ2v) is 5.65. The molecular weight excluding hydrogens is 274 g/mol. The smallest absolute Gasteiger partial charge is 0.320 e. The van der Waals surface area contributed by atoms with E-state index in [4.69, 9.17) is 9.47 Å². The maximum atomic E-state index is 11.9. The van der Waals surface area contributed by atoms with Gasteiger partial charge in [-0.3, -0.25) is 19.3 Å². The van der Waals surface area contributed by atoms with Gasteiger partial charge in [-0.15, -0.1) is 0 Å². The first-order chi connectivity index (χ1) is 10.0. The van der Waals surface area contributed by atoms with Crippen LogP contribution in [0, 0.1) is 5.92 Å². The van der Waals surface area contributed by atoms with Crippen LogP contribution in [0.15, 0.2) is 0 Å². The van der Waals surface area contributed by atoms with E-state index in [1.54, 1.807) is 13.8 Å². The van der Waals surface area contributed by atoms with Crippen LogP contribution in [0.3, 0.4) is 0 Å². The van der Waals surface area contributed by atoms with Gasteiger partial charge in [0.25, 0.3) is 0 Å². The second-order valence-electron chi connectivity index (χ2n) is 5.65. The zero-order chi connectivity index (χ0) is 15.4. The summed E-state index contributed by atoms with van der Waals surface area (Å²) >= 11 is 0. The van der Waals surface area contributed by atoms with Crippen molar-refractivity contribution in [3.05, 3.63) is 0 Å². The molecule has 2 aliphatic heterocycles. The summed E-state index contributed by atoms with van der Waals surface area (Å²) in [5, 5.41) is 0. The summed E-state index contributed by atoms with van der Waals surface area (Å²) < 4.78 is 10.1. The lowest BCUT2D eigenvalue weighted by molar-refractivity contribution is -0.157. The number of hydrogen-bond donors (Lipinski definition) is 0. The molecule has 0 aliphatic carbocycles. The van der Waals surface area contributed by atoms with Crippen LogP contribution in [0.5, 0.6) is 0 Å². The highest BCUT2D eigenvalue weighted by Gasteiger charge is 2.44. The van der Waals surface area contributed by atoms with Crippen LogP contribution < -0.4 is 0 Å². The Labute approximate surface area is 124 Å². The summed E-state index contributed by atoms with van der Waals surface area (Å²) in [4.78, 5) is 37.4. The lowest BCUT2D eigenvalue weighted by Crippen LogP contribution is -2.57. The van der Waals surface area contributed by atoms with Gasteiger partial charge in [0.05, 0.1) is 25.7 Å². The minimum atomic E-state index is -0.267. The van der Waals surface area contributed by atoms with Gasteiger partial charge in [0.2, 0.25) is 0 Å². The molecule has 0 aromatic carbocycles. The predicted octanol–water partition coefficient (Wildman–Crippen LogP) is 0.925. The Kier molecular flexibility index (Phi) is 5.33. The number of ether oxygens (including phenoxy) is 2. The predicted molar refractivity (Wildman–Crippen MR) is 74.5 cm³/mol. The zero-order valence-electron chi connectivity index (χ0n) is 12.7. The van der Waals surface area contributed by atoms with Crippen LogP contribution in [0.2, 0.25) is 0 Å². The molecule has 6 heteroatoms. The largest absolute Gasteiger partial charge is 0.466 e. The maximum Gasteiger partial charge on any atom is 0.320 e. The van der Waals surface area contributed by atoms with Gasteiger partial charge in [-0.1, -0.05) is 0 Å². The van der Waals surface area contributed by atoms with E-state index in [1.807, 2.05) is 4.90 Å². The summed E-state index contributed by atoms with van der Waals surface area (Å²) in [5.41, 5.74) is 0. The number of nitrogens with zero attached hydrogens (tertiary/aromatic N) is 1. The first-order valence-corrected chi connectivity index (χ1v) is 7.64. The Morgan fingerprint density at radius 3 is 2.19 bits per heavy atom. The van der Waals surface area contributed by atoms with Crippen molar-refractivity contribution in [1.29, 1.82) is 0 Å². The summed E-state index contributed by atoms with van der Waals surface area (Å²) in [6, 6.07) is -0.104. The summed E-state index contributed by atoms with van der Waals surface area (Å²) in [6.07, 6.45) is 1.98. The van der Waals surface area contributed by atoms with Gasteiger partial charge >= 0.3 is 11.9 Å². The molecular formula is C15H23NO5. The lowest BCUT2D eigenvalue weighted by Gasteiger charge is -2.46. The number of carbonyl (C=O) groups excluding carboxylic acids is 3. The Bertz CT molecular complexity index is 404. The molecule has 0 aromatic heterocycles. The van der Waals surface area contributed by atoms with E-state index in [1.165, 1.54) is 0 Å². The molecule has 2 aliphatic rings. The van der Waals surface area contributed by atoms with Crippen molar-refractivity contribution < 1.29 is 23.9 Å². The molecule has 3 atom stereocenters. The van der Waals surface area contributed by atoms with Crippen molar-refractivity contribution in [3.8, 4) is 0 Å². The molecule has 2 rings (SSSR count). The second kappa shape index (κ2) is 7.02. The average molecular weight is 297 g/mol. The Balaban J connectivity index is 2.04. The Morgan fingerprint density at radius 1 is 1.10 bits per heavy atom. The number of hydrogen-bond acceptors (Lipinski definition) is 6. The van der Waals surface area contributed by atoms with Crippen molar-refractivity contribution in [3.63, 3.8) is 0 Å². The van der Waals surface area contributed by atoms with Crippen molar-refractivity contribution >= 4 is 17.7 Å². The fraction of sp³-hybridized carbons (Fsp3) is 0.800. The van der Waals surface area contributed by atoms with E-state index in [0.717, 1.165) is 0 Å². The van der Waals surface area contributed by atoms with Crippen LogP contribution in [0.25, 0.3) is 0 Å². The summed E-state index contributed by atoms with van der Waals surface area (Å²) in [6.45, 7) is 4.49. The van der Waals surface area contributed by atoms with Crippen LogP contribution in [-0.2, 0) is 23.9 Å². The third kappa shape index (κ3) is 3.81. The highest BCUT2D eigenvalue weighted by Crippen LogP contribution is 2.36. The number of esters is 2. The number of Topliss-reactive ketones (excluding diaryl/α,β-unsaturated/α-hetero) is 1. The van der Waals surface area contributed by atoms with Crippen molar-refractivity contribution in [2.75, 3.05) is 19.8 Å². The molecule has 118 valence electrons. The number of fused-ring (bicyclic) bond motifs is 2. The van der Waals surface area contributed by atoms with Crippen LogP contribution in [0.1, 0.15) is 39.5 Å². The molecule has 2 heterocycles. The molecule has 0 aromatic rings. The van der Waals surface area contributed by atoms with Crippen molar-refractivity contribution in [1.82, 2.24) is 4.90 Å². The van der Waals surface area contributed by atoms with E-state index in [2.05, 4.69) is 0 Å². The number of rotatable bonds is 5. The molecule has 0 saturated carbocycles. The molecule has 0 amide bonds. The molecule has 6 nitrogen and oxygen atoms in total. The third-order valence-electron chi connectivity index (χ3n) is 4.21. The average Bonchev–Trinajstić information content (AvgIpc) is 2.40. The topological polar surface area (TPSA) is 72.9 Å². The molecule has 0 spiro atoms. The van der Waals surface area contributed by atoms with Crippen LogP contribution in [0.4, 0.5) is 0 Å². The number of ketones is 1. The fourth-order valence-electron chi connectivity index (χ4n) is 3.40. The molecule has 2 fully saturated rings. The van der Waals surface area contributed by atoms with Gasteiger partial charge in [-0.25, -0.2) is 0 Å². The molecule has 2 saturated heterocycles. The van der Waals surface area contributed by atoms with E-state index in [-0.39, 0.29) is 42.3 Å². The van der Waals surface area contributed by atoms with E-state index in [0.29, 0.717) is 38.9 Å². The standard InChI is InChI=1S/C15H23NO5/c1-3-20-14(18)9-16-11-5-10(15(19)21-4-2)6-12(16)8-13(17)7-11/h10-12H,3-9H2,1-2H3/t10?,11-,12+. The van der Waals surface area contributed by atoms with Crippen LogP contribution >= 0.6 is 0 Å². The zero-order valence-corrected chi connectivity index (χ0v) is 12.7.